The Bertz CT molecular complexity index is 1210. The molecule has 174 valence electrons. The number of Topliss-reactive ketones (excluding diaryl/α,β-unsaturated/α-hetero) is 2. The highest BCUT2D eigenvalue weighted by Gasteiger charge is 2.64. The first-order valence-electron chi connectivity index (χ1n) is 10.1. The summed E-state index contributed by atoms with van der Waals surface area (Å²) in [5, 5.41) is 57.0. The van der Waals surface area contributed by atoms with Gasteiger partial charge >= 0.3 is 0 Å². The number of phenols is 1. The maximum absolute atomic E-state index is 13.5. The van der Waals surface area contributed by atoms with Crippen molar-refractivity contribution in [3.05, 3.63) is 40.2 Å². The number of phenolic OH excluding ortho intramolecular Hbond substituents is 1. The van der Waals surface area contributed by atoms with E-state index in [9.17, 15) is 44.7 Å². The van der Waals surface area contributed by atoms with E-state index in [4.69, 9.17) is 5.73 Å². The molecular formula is C22H22N2O9. The monoisotopic (exact) mass is 458 g/mol. The van der Waals surface area contributed by atoms with Gasteiger partial charge in [-0.25, -0.2) is 0 Å². The van der Waals surface area contributed by atoms with E-state index < -0.39 is 87.7 Å². The lowest BCUT2D eigenvalue weighted by Crippen LogP contribution is -2.63. The van der Waals surface area contributed by atoms with Gasteiger partial charge in [0.2, 0.25) is 11.7 Å². The first-order chi connectivity index (χ1) is 15.3. The Morgan fingerprint density at radius 2 is 1.82 bits per heavy atom. The van der Waals surface area contributed by atoms with Gasteiger partial charge in [0.05, 0.1) is 17.4 Å². The number of aliphatic hydroxyl groups excluding tert-OH is 3. The van der Waals surface area contributed by atoms with E-state index in [-0.39, 0.29) is 11.3 Å². The number of rotatable bonds is 2. The second-order valence-electron chi connectivity index (χ2n) is 8.59. The van der Waals surface area contributed by atoms with E-state index in [0.717, 1.165) is 0 Å². The lowest BCUT2D eigenvalue weighted by atomic mass is 9.55. The second-order valence-corrected chi connectivity index (χ2v) is 8.59. The lowest BCUT2D eigenvalue weighted by molar-refractivity contribution is -0.160. The molecule has 5 atom stereocenters. The first kappa shape index (κ1) is 22.5. The summed E-state index contributed by atoms with van der Waals surface area (Å²) in [5.41, 5.74) is 0.937. The molecule has 1 saturated carbocycles. The molecule has 3 aliphatic rings. The Labute approximate surface area is 186 Å². The summed E-state index contributed by atoms with van der Waals surface area (Å²) >= 11 is 0. The normalized spacial score (nSPS) is 31.0. The van der Waals surface area contributed by atoms with Crippen LogP contribution >= 0.6 is 0 Å². The summed E-state index contributed by atoms with van der Waals surface area (Å²) in [4.78, 5) is 49.0. The highest BCUT2D eigenvalue weighted by atomic mass is 16.4. The SMILES string of the molecule is CC(=O)Nc1ccc2c(c1O)C(O)=C1C(=O)[C@]3(O)C(O)=C(C(N)=O)C(=O)CC3[C@H](O)C1[C@H]2C. The molecule has 11 heteroatoms. The van der Waals surface area contributed by atoms with Gasteiger partial charge in [-0.15, -0.1) is 0 Å². The molecule has 4 rings (SSSR count). The van der Waals surface area contributed by atoms with Gasteiger partial charge < -0.3 is 36.6 Å². The van der Waals surface area contributed by atoms with Gasteiger partial charge in [-0.1, -0.05) is 13.0 Å². The van der Waals surface area contributed by atoms with Crippen LogP contribution in [0, 0.1) is 11.8 Å². The van der Waals surface area contributed by atoms with Crippen molar-refractivity contribution in [1.82, 2.24) is 0 Å². The molecule has 0 radical (unpaired) electrons. The largest absolute Gasteiger partial charge is 0.508 e. The fourth-order valence-electron chi connectivity index (χ4n) is 5.29. The predicted molar refractivity (Wildman–Crippen MR) is 112 cm³/mol. The minimum atomic E-state index is -2.89. The summed E-state index contributed by atoms with van der Waals surface area (Å²) in [5.74, 6) is -9.89. The number of aromatic hydroxyl groups is 1. The molecule has 0 heterocycles. The topological polar surface area (TPSA) is 207 Å². The number of carbonyl (C=O) groups is 4. The molecule has 1 aromatic rings. The minimum absolute atomic E-state index is 0.0403. The van der Waals surface area contributed by atoms with Crippen LogP contribution in [0.2, 0.25) is 0 Å². The summed E-state index contributed by atoms with van der Waals surface area (Å²) < 4.78 is 0. The van der Waals surface area contributed by atoms with Crippen molar-refractivity contribution in [3.8, 4) is 5.75 Å². The smallest absolute Gasteiger partial charge is 0.255 e. The Kier molecular flexibility index (Phi) is 4.88. The van der Waals surface area contributed by atoms with Crippen molar-refractivity contribution in [2.24, 2.45) is 17.6 Å². The number of carbonyl (C=O) groups excluding carboxylic acids is 4. The van der Waals surface area contributed by atoms with Crippen LogP contribution in [0.4, 0.5) is 5.69 Å². The number of primary amides is 1. The zero-order chi connectivity index (χ0) is 24.6. The van der Waals surface area contributed by atoms with Gasteiger partial charge in [0.25, 0.3) is 5.91 Å². The van der Waals surface area contributed by atoms with Crippen LogP contribution in [0.15, 0.2) is 29.0 Å². The number of nitrogens with two attached hydrogens (primary N) is 1. The van der Waals surface area contributed by atoms with Crippen LogP contribution in [0.25, 0.3) is 5.76 Å². The number of ketones is 2. The zero-order valence-electron chi connectivity index (χ0n) is 17.6. The maximum Gasteiger partial charge on any atom is 0.255 e. The van der Waals surface area contributed by atoms with E-state index >= 15 is 0 Å². The maximum atomic E-state index is 13.5. The van der Waals surface area contributed by atoms with Gasteiger partial charge in [-0.2, -0.15) is 0 Å². The molecule has 2 amide bonds. The van der Waals surface area contributed by atoms with Crippen molar-refractivity contribution < 1.29 is 44.7 Å². The van der Waals surface area contributed by atoms with Crippen LogP contribution < -0.4 is 11.1 Å². The van der Waals surface area contributed by atoms with E-state index in [0.29, 0.717) is 5.56 Å². The highest BCUT2D eigenvalue weighted by Crippen LogP contribution is 2.56. The van der Waals surface area contributed by atoms with Crippen LogP contribution in [0.3, 0.4) is 0 Å². The summed E-state index contributed by atoms with van der Waals surface area (Å²) in [6.45, 7) is 2.83. The van der Waals surface area contributed by atoms with Gasteiger partial charge in [0.15, 0.2) is 11.4 Å². The summed E-state index contributed by atoms with van der Waals surface area (Å²) in [6.07, 6.45) is -2.23. The molecule has 0 spiro atoms. The minimum Gasteiger partial charge on any atom is -0.508 e. The highest BCUT2D eigenvalue weighted by molar-refractivity contribution is 6.23. The Hall–Kier alpha value is -3.70. The lowest BCUT2D eigenvalue weighted by Gasteiger charge is -2.50. The summed E-state index contributed by atoms with van der Waals surface area (Å²) in [7, 11) is 0. The quantitative estimate of drug-likeness (QED) is 0.233. The molecule has 33 heavy (non-hydrogen) atoms. The van der Waals surface area contributed by atoms with Crippen molar-refractivity contribution >= 4 is 34.8 Å². The third-order valence-corrected chi connectivity index (χ3v) is 6.81. The standard InChI is InChI=1S/C22H22N2O9/c1-6-8-3-4-10(24-7(2)25)17(28)13(8)18(29)15-12(6)16(27)9-5-11(26)14(21(23)32)19(30)22(9,33)20(15)31/h3-4,6,9,12,16,27-30,33H,5H2,1-2H3,(H2,23,32)(H,24,25)/t6-,9?,12?,16-,22+/m0/s1. The van der Waals surface area contributed by atoms with Crippen molar-refractivity contribution in [2.45, 2.75) is 37.9 Å². The number of hydrogen-bond acceptors (Lipinski definition) is 9. The van der Waals surface area contributed by atoms with Crippen molar-refractivity contribution in [1.29, 1.82) is 0 Å². The predicted octanol–water partition coefficient (Wildman–Crippen LogP) is -0.0859. The third-order valence-electron chi connectivity index (χ3n) is 6.81. The molecule has 0 aromatic heterocycles. The number of benzene rings is 1. The molecular weight excluding hydrogens is 436 g/mol. The Morgan fingerprint density at radius 3 is 2.39 bits per heavy atom. The molecule has 3 aliphatic carbocycles. The van der Waals surface area contributed by atoms with Crippen LogP contribution in [0.5, 0.6) is 5.75 Å². The molecule has 0 bridgehead atoms. The van der Waals surface area contributed by atoms with E-state index in [1.165, 1.54) is 19.1 Å². The number of hydrogen-bond donors (Lipinski definition) is 7. The van der Waals surface area contributed by atoms with E-state index in [2.05, 4.69) is 5.32 Å². The fourth-order valence-corrected chi connectivity index (χ4v) is 5.29. The Balaban J connectivity index is 1.99. The molecule has 2 unspecified atom stereocenters. The second kappa shape index (κ2) is 7.15. The molecule has 1 fully saturated rings. The van der Waals surface area contributed by atoms with Crippen molar-refractivity contribution in [3.63, 3.8) is 0 Å². The first-order valence-corrected chi connectivity index (χ1v) is 10.1. The number of aliphatic hydroxyl groups is 4. The van der Waals surface area contributed by atoms with E-state index in [1.807, 2.05) is 0 Å². The number of anilines is 1. The molecule has 1 aromatic carbocycles. The zero-order valence-corrected chi connectivity index (χ0v) is 17.6. The number of nitrogens with one attached hydrogen (secondary N) is 1. The van der Waals surface area contributed by atoms with Gasteiger partial charge in [-0.3, -0.25) is 19.2 Å². The number of fused-ring (bicyclic) bond motifs is 3. The molecule has 8 N–H and O–H groups in total. The van der Waals surface area contributed by atoms with Crippen LogP contribution in [-0.4, -0.2) is 60.6 Å². The summed E-state index contributed by atoms with van der Waals surface area (Å²) in [6, 6.07) is 2.90. The van der Waals surface area contributed by atoms with Gasteiger partial charge in [0.1, 0.15) is 22.8 Å². The van der Waals surface area contributed by atoms with Crippen LogP contribution in [-0.2, 0) is 19.2 Å². The van der Waals surface area contributed by atoms with Gasteiger partial charge in [-0.05, 0) is 17.5 Å². The van der Waals surface area contributed by atoms with Gasteiger partial charge in [0, 0.05) is 30.8 Å². The molecule has 0 aliphatic heterocycles. The third kappa shape index (κ3) is 2.82. The molecule has 11 nitrogen and oxygen atoms in total. The number of amides is 2. The van der Waals surface area contributed by atoms with Crippen LogP contribution in [0.1, 0.15) is 37.3 Å². The fraction of sp³-hybridized carbons (Fsp3) is 0.364. The van der Waals surface area contributed by atoms with E-state index in [1.54, 1.807) is 6.92 Å². The average Bonchev–Trinajstić information content (AvgIpc) is 2.72. The Morgan fingerprint density at radius 1 is 1.18 bits per heavy atom. The average molecular weight is 458 g/mol. The van der Waals surface area contributed by atoms with Crippen molar-refractivity contribution in [2.75, 3.05) is 5.32 Å². The molecule has 0 saturated heterocycles.